The smallest absolute Gasteiger partial charge is 0.112 e. The van der Waals surface area contributed by atoms with Crippen LogP contribution >= 0.6 is 0 Å². The fourth-order valence-electron chi connectivity index (χ4n) is 3.25. The highest BCUT2D eigenvalue weighted by Gasteiger charge is 2.61. The van der Waals surface area contributed by atoms with Crippen LogP contribution in [0.3, 0.4) is 0 Å². The van der Waals surface area contributed by atoms with Crippen LogP contribution in [0.5, 0.6) is 0 Å². The van der Waals surface area contributed by atoms with Crippen LogP contribution in [0.4, 0.5) is 0 Å². The monoisotopic (exact) mass is 248 g/mol. The molecule has 0 amide bonds. The molecule has 0 aromatic heterocycles. The quantitative estimate of drug-likeness (QED) is 0.823. The maximum absolute atomic E-state index is 11.3. The molecule has 1 aliphatic rings. The van der Waals surface area contributed by atoms with E-state index >= 15 is 0 Å². The molecule has 1 N–H and O–H groups in total. The van der Waals surface area contributed by atoms with Gasteiger partial charge in [-0.1, -0.05) is 65.0 Å². The first kappa shape index (κ1) is 13.6. The highest BCUT2D eigenvalue weighted by Crippen LogP contribution is 2.57. The normalized spacial score (nSPS) is 31.6. The van der Waals surface area contributed by atoms with Crippen molar-refractivity contribution in [2.75, 3.05) is 6.61 Å². The van der Waals surface area contributed by atoms with Crippen molar-refractivity contribution in [3.05, 3.63) is 35.9 Å². The second kappa shape index (κ2) is 4.07. The summed E-state index contributed by atoms with van der Waals surface area (Å²) in [5, 5.41) is 11.3. The number of hydrogen-bond acceptors (Lipinski definition) is 2. The molecule has 0 unspecified atom stereocenters. The lowest BCUT2D eigenvalue weighted by Crippen LogP contribution is -2.54. The van der Waals surface area contributed by atoms with Crippen molar-refractivity contribution in [3.8, 4) is 0 Å². The van der Waals surface area contributed by atoms with Crippen LogP contribution in [0.25, 0.3) is 0 Å². The van der Waals surface area contributed by atoms with E-state index in [2.05, 4.69) is 34.6 Å². The van der Waals surface area contributed by atoms with Crippen LogP contribution in [0.15, 0.2) is 30.3 Å². The summed E-state index contributed by atoms with van der Waals surface area (Å²) >= 11 is 0. The Morgan fingerprint density at radius 1 is 1.17 bits per heavy atom. The molecule has 2 atom stereocenters. The highest BCUT2D eigenvalue weighted by atomic mass is 16.5. The third kappa shape index (κ3) is 1.79. The van der Waals surface area contributed by atoms with Crippen LogP contribution in [-0.4, -0.2) is 17.3 Å². The summed E-state index contributed by atoms with van der Waals surface area (Å²) in [4.78, 5) is 0. The summed E-state index contributed by atoms with van der Waals surface area (Å²) in [6.07, 6.45) is -0.256. The first-order valence-electron chi connectivity index (χ1n) is 6.59. The molecule has 1 aliphatic heterocycles. The van der Waals surface area contributed by atoms with Crippen molar-refractivity contribution in [2.45, 2.75) is 46.3 Å². The SMILES string of the molecule is CC(C)(C)[C@@]1(O)[C@H](c2ccccc2)OCC1(C)C. The van der Waals surface area contributed by atoms with Gasteiger partial charge >= 0.3 is 0 Å². The Bertz CT molecular complexity index is 416. The predicted molar refractivity (Wildman–Crippen MR) is 73.3 cm³/mol. The van der Waals surface area contributed by atoms with Crippen molar-refractivity contribution in [1.29, 1.82) is 0 Å². The van der Waals surface area contributed by atoms with Crippen molar-refractivity contribution in [3.63, 3.8) is 0 Å². The molecule has 0 saturated carbocycles. The molecule has 0 radical (unpaired) electrons. The fraction of sp³-hybridized carbons (Fsp3) is 0.625. The molecule has 1 aromatic carbocycles. The minimum atomic E-state index is -0.874. The molecule has 100 valence electrons. The van der Waals surface area contributed by atoms with E-state index in [9.17, 15) is 5.11 Å². The molecular formula is C16H24O2. The van der Waals surface area contributed by atoms with Crippen LogP contribution < -0.4 is 0 Å². The largest absolute Gasteiger partial charge is 0.386 e. The third-order valence-corrected chi connectivity index (χ3v) is 4.27. The zero-order valence-electron chi connectivity index (χ0n) is 12.0. The number of rotatable bonds is 1. The Morgan fingerprint density at radius 2 is 1.72 bits per heavy atom. The standard InChI is InChI=1S/C16H24O2/c1-14(2,3)16(17)13(18-11-15(16,4)5)12-9-7-6-8-10-12/h6-10,13,17H,11H2,1-5H3/t13-,16-/m0/s1. The molecule has 1 heterocycles. The zero-order chi connectivity index (χ0) is 13.6. The zero-order valence-corrected chi connectivity index (χ0v) is 12.0. The van der Waals surface area contributed by atoms with Gasteiger partial charge in [0.05, 0.1) is 6.61 Å². The lowest BCUT2D eigenvalue weighted by molar-refractivity contribution is -0.149. The maximum Gasteiger partial charge on any atom is 0.112 e. The summed E-state index contributed by atoms with van der Waals surface area (Å²) in [6, 6.07) is 10.0. The summed E-state index contributed by atoms with van der Waals surface area (Å²) in [7, 11) is 0. The lowest BCUT2D eigenvalue weighted by atomic mass is 9.60. The lowest BCUT2D eigenvalue weighted by Gasteiger charge is -2.48. The molecule has 2 heteroatoms. The van der Waals surface area contributed by atoms with Crippen LogP contribution in [0, 0.1) is 10.8 Å². The van der Waals surface area contributed by atoms with E-state index in [-0.39, 0.29) is 16.9 Å². The molecule has 2 nitrogen and oxygen atoms in total. The van der Waals surface area contributed by atoms with Crippen molar-refractivity contribution in [2.24, 2.45) is 10.8 Å². The van der Waals surface area contributed by atoms with E-state index in [0.29, 0.717) is 6.61 Å². The minimum absolute atomic E-state index is 0.243. The Balaban J connectivity index is 2.50. The van der Waals surface area contributed by atoms with Gasteiger partial charge in [0.15, 0.2) is 0 Å². The Hall–Kier alpha value is -0.860. The molecule has 1 saturated heterocycles. The molecule has 0 aliphatic carbocycles. The Kier molecular flexibility index (Phi) is 3.07. The maximum atomic E-state index is 11.3. The Labute approximate surface area is 110 Å². The minimum Gasteiger partial charge on any atom is -0.386 e. The van der Waals surface area contributed by atoms with Gasteiger partial charge in [-0.2, -0.15) is 0 Å². The van der Waals surface area contributed by atoms with Gasteiger partial charge in [-0.25, -0.2) is 0 Å². The van der Waals surface area contributed by atoms with Gasteiger partial charge < -0.3 is 9.84 Å². The van der Waals surface area contributed by atoms with Gasteiger partial charge in [-0.3, -0.25) is 0 Å². The molecule has 1 aromatic rings. The second-order valence-corrected chi connectivity index (χ2v) is 7.00. The van der Waals surface area contributed by atoms with E-state index in [1.807, 2.05) is 30.3 Å². The second-order valence-electron chi connectivity index (χ2n) is 7.00. The van der Waals surface area contributed by atoms with E-state index in [1.165, 1.54) is 0 Å². The first-order chi connectivity index (χ1) is 8.20. The summed E-state index contributed by atoms with van der Waals surface area (Å²) in [5.41, 5.74) is -0.318. The molecule has 2 rings (SSSR count). The Morgan fingerprint density at radius 3 is 2.22 bits per heavy atom. The molecule has 1 fully saturated rings. The van der Waals surface area contributed by atoms with Gasteiger partial charge in [-0.15, -0.1) is 0 Å². The fourth-order valence-corrected chi connectivity index (χ4v) is 3.25. The first-order valence-corrected chi connectivity index (χ1v) is 6.59. The van der Waals surface area contributed by atoms with Crippen molar-refractivity contribution >= 4 is 0 Å². The predicted octanol–water partition coefficient (Wildman–Crippen LogP) is 3.56. The van der Waals surface area contributed by atoms with Gasteiger partial charge in [0, 0.05) is 5.41 Å². The summed E-state index contributed by atoms with van der Waals surface area (Å²) in [6.45, 7) is 11.0. The van der Waals surface area contributed by atoms with Crippen molar-refractivity contribution in [1.82, 2.24) is 0 Å². The average molecular weight is 248 g/mol. The third-order valence-electron chi connectivity index (χ3n) is 4.27. The molecule has 0 spiro atoms. The van der Waals surface area contributed by atoms with Gasteiger partial charge in [-0.05, 0) is 11.0 Å². The summed E-state index contributed by atoms with van der Waals surface area (Å²) < 4.78 is 5.95. The van der Waals surface area contributed by atoms with Gasteiger partial charge in [0.2, 0.25) is 0 Å². The van der Waals surface area contributed by atoms with E-state index in [1.54, 1.807) is 0 Å². The molecule has 0 bridgehead atoms. The highest BCUT2D eigenvalue weighted by molar-refractivity contribution is 5.26. The summed E-state index contributed by atoms with van der Waals surface area (Å²) in [5.74, 6) is 0. The number of ether oxygens (including phenoxy) is 1. The van der Waals surface area contributed by atoms with E-state index < -0.39 is 5.60 Å². The number of aliphatic hydroxyl groups is 1. The van der Waals surface area contributed by atoms with Crippen molar-refractivity contribution < 1.29 is 9.84 Å². The van der Waals surface area contributed by atoms with Crippen LogP contribution in [-0.2, 0) is 4.74 Å². The topological polar surface area (TPSA) is 29.5 Å². The number of benzene rings is 1. The van der Waals surface area contributed by atoms with E-state index in [0.717, 1.165) is 5.56 Å². The van der Waals surface area contributed by atoms with Crippen LogP contribution in [0.2, 0.25) is 0 Å². The molecular weight excluding hydrogens is 224 g/mol. The van der Waals surface area contributed by atoms with Crippen LogP contribution in [0.1, 0.15) is 46.3 Å². The molecule has 18 heavy (non-hydrogen) atoms. The number of hydrogen-bond donors (Lipinski definition) is 1. The van der Waals surface area contributed by atoms with Gasteiger partial charge in [0.1, 0.15) is 11.7 Å². The van der Waals surface area contributed by atoms with Gasteiger partial charge in [0.25, 0.3) is 0 Å². The average Bonchev–Trinajstić information content (AvgIpc) is 2.52. The van der Waals surface area contributed by atoms with E-state index in [4.69, 9.17) is 4.74 Å².